The van der Waals surface area contributed by atoms with E-state index in [1.807, 2.05) is 32.0 Å². The Morgan fingerprint density at radius 3 is 2.61 bits per heavy atom. The maximum absolute atomic E-state index is 13.0. The first-order valence-electron chi connectivity index (χ1n) is 11.3. The van der Waals surface area contributed by atoms with Gasteiger partial charge < -0.3 is 9.88 Å². The van der Waals surface area contributed by atoms with Crippen molar-refractivity contribution in [3.8, 4) is 22.6 Å². The molecule has 0 saturated heterocycles. The van der Waals surface area contributed by atoms with E-state index >= 15 is 0 Å². The number of aromatic amines is 2. The fourth-order valence-corrected chi connectivity index (χ4v) is 4.65. The van der Waals surface area contributed by atoms with E-state index in [2.05, 4.69) is 29.9 Å². The molecule has 0 radical (unpaired) electrons. The van der Waals surface area contributed by atoms with Crippen LogP contribution in [0.1, 0.15) is 24.2 Å². The minimum Gasteiger partial charge on any atom is -0.339 e. The number of para-hydroxylation sites is 1. The van der Waals surface area contributed by atoms with Gasteiger partial charge in [-0.05, 0) is 38.1 Å². The highest BCUT2D eigenvalue weighted by atomic mass is 32.2. The predicted molar refractivity (Wildman–Crippen MR) is 138 cm³/mol. The van der Waals surface area contributed by atoms with Gasteiger partial charge in [0.05, 0.1) is 34.6 Å². The van der Waals surface area contributed by atoms with Crippen LogP contribution in [0.25, 0.3) is 44.7 Å². The van der Waals surface area contributed by atoms with Crippen molar-refractivity contribution >= 4 is 43.7 Å². The van der Waals surface area contributed by atoms with E-state index < -0.39 is 10.0 Å². The summed E-state index contributed by atoms with van der Waals surface area (Å²) in [6.45, 7) is 5.11. The molecular formula is C24H24N8O3S. The lowest BCUT2D eigenvalue weighted by Crippen LogP contribution is -2.30. The van der Waals surface area contributed by atoms with Gasteiger partial charge in [-0.2, -0.15) is 5.10 Å². The summed E-state index contributed by atoms with van der Waals surface area (Å²) in [5.74, 6) is 0.453. The zero-order valence-electron chi connectivity index (χ0n) is 19.9. The van der Waals surface area contributed by atoms with Crippen molar-refractivity contribution in [3.63, 3.8) is 0 Å². The molecule has 0 unspecified atom stereocenters. The number of carbonyl (C=O) groups excluding carboxylic acids is 1. The lowest BCUT2D eigenvalue weighted by atomic mass is 10.1. The van der Waals surface area contributed by atoms with Crippen LogP contribution in [-0.4, -0.2) is 68.7 Å². The van der Waals surface area contributed by atoms with Gasteiger partial charge in [0.2, 0.25) is 10.0 Å². The quantitative estimate of drug-likeness (QED) is 0.307. The summed E-state index contributed by atoms with van der Waals surface area (Å²) in [6.07, 6.45) is 5.79. The number of fused-ring (bicyclic) bond motifs is 2. The van der Waals surface area contributed by atoms with Gasteiger partial charge in [0.1, 0.15) is 11.2 Å². The Morgan fingerprint density at radius 1 is 1.08 bits per heavy atom. The second-order valence-electron chi connectivity index (χ2n) is 8.29. The number of benzene rings is 1. The van der Waals surface area contributed by atoms with Crippen LogP contribution in [-0.2, 0) is 10.0 Å². The van der Waals surface area contributed by atoms with Crippen molar-refractivity contribution in [3.05, 3.63) is 54.5 Å². The van der Waals surface area contributed by atoms with Gasteiger partial charge in [-0.15, -0.1) is 0 Å². The van der Waals surface area contributed by atoms with E-state index in [-0.39, 0.29) is 5.91 Å². The molecule has 3 N–H and O–H groups in total. The highest BCUT2D eigenvalue weighted by Crippen LogP contribution is 2.30. The molecular weight excluding hydrogens is 480 g/mol. The number of carbonyl (C=O) groups is 1. The number of nitrogens with one attached hydrogen (secondary N) is 3. The van der Waals surface area contributed by atoms with Crippen LogP contribution in [0.2, 0.25) is 0 Å². The molecule has 0 atom stereocenters. The second-order valence-corrected chi connectivity index (χ2v) is 10.0. The molecule has 1 amide bonds. The number of nitrogens with zero attached hydrogens (tertiary/aromatic N) is 5. The number of hydrogen-bond donors (Lipinski definition) is 3. The molecule has 0 aliphatic rings. The van der Waals surface area contributed by atoms with E-state index in [0.717, 1.165) is 17.3 Å². The van der Waals surface area contributed by atoms with Crippen LogP contribution in [0, 0.1) is 0 Å². The standard InChI is InChI=1S/C24H24N8O3S/c1-4-32(5-2)24(33)17-7-6-8-19-20(17)28-23(27-19)21-18-10-15(12-26-22(18)30-29-21)14-9-16(13-25-11-14)31-36(3,34)35/h6-13,31H,4-5H2,1-3H3,(H,27,28)(H,26,29,30). The van der Waals surface area contributed by atoms with Crippen LogP contribution in [0.5, 0.6) is 0 Å². The molecule has 1 aromatic carbocycles. The molecule has 0 aliphatic heterocycles. The monoisotopic (exact) mass is 504 g/mol. The Morgan fingerprint density at radius 2 is 1.86 bits per heavy atom. The zero-order chi connectivity index (χ0) is 25.4. The normalized spacial score (nSPS) is 11.8. The van der Waals surface area contributed by atoms with Crippen molar-refractivity contribution in [2.75, 3.05) is 24.1 Å². The van der Waals surface area contributed by atoms with Gasteiger partial charge in [-0.3, -0.25) is 19.6 Å². The van der Waals surface area contributed by atoms with Gasteiger partial charge >= 0.3 is 0 Å². The molecule has 12 heteroatoms. The number of H-pyrrole nitrogens is 2. The number of anilines is 1. The highest BCUT2D eigenvalue weighted by Gasteiger charge is 2.20. The van der Waals surface area contributed by atoms with Crippen LogP contribution < -0.4 is 4.72 Å². The minimum atomic E-state index is -3.44. The highest BCUT2D eigenvalue weighted by molar-refractivity contribution is 7.92. The van der Waals surface area contributed by atoms with E-state index in [4.69, 9.17) is 4.98 Å². The Labute approximate surface area is 207 Å². The number of aromatic nitrogens is 6. The van der Waals surface area contributed by atoms with Crippen LogP contribution >= 0.6 is 0 Å². The Balaban J connectivity index is 1.58. The molecule has 4 aromatic heterocycles. The molecule has 0 aliphatic carbocycles. The fourth-order valence-electron chi connectivity index (χ4n) is 4.11. The lowest BCUT2D eigenvalue weighted by Gasteiger charge is -2.18. The van der Waals surface area contributed by atoms with Crippen molar-refractivity contribution in [2.45, 2.75) is 13.8 Å². The summed E-state index contributed by atoms with van der Waals surface area (Å²) in [5, 5.41) is 8.01. The number of amides is 1. The van der Waals surface area contributed by atoms with E-state index in [1.165, 1.54) is 6.20 Å². The van der Waals surface area contributed by atoms with Crippen molar-refractivity contribution in [1.82, 2.24) is 35.0 Å². The summed E-state index contributed by atoms with van der Waals surface area (Å²) in [5.41, 5.74) is 4.72. The predicted octanol–water partition coefficient (Wildman–Crippen LogP) is 3.42. The first kappa shape index (κ1) is 23.4. The van der Waals surface area contributed by atoms with E-state index in [0.29, 0.717) is 58.0 Å². The SMILES string of the molecule is CCN(CC)C(=O)c1cccc2[nH]c(-c3[nH]nc4ncc(-c5cncc(NS(C)(=O)=O)c5)cc34)nc12. The third kappa shape index (κ3) is 4.38. The zero-order valence-corrected chi connectivity index (χ0v) is 20.7. The molecule has 0 bridgehead atoms. The number of sulfonamides is 1. The van der Waals surface area contributed by atoms with Gasteiger partial charge in [-0.25, -0.2) is 18.4 Å². The molecule has 0 saturated carbocycles. The average molecular weight is 505 g/mol. The number of hydrogen-bond acceptors (Lipinski definition) is 7. The third-order valence-electron chi connectivity index (χ3n) is 5.81. The first-order chi connectivity index (χ1) is 17.3. The smallest absolute Gasteiger partial charge is 0.256 e. The lowest BCUT2D eigenvalue weighted by molar-refractivity contribution is 0.0774. The minimum absolute atomic E-state index is 0.0721. The average Bonchev–Trinajstić information content (AvgIpc) is 3.47. The Bertz CT molecular complexity index is 1700. The Hall–Kier alpha value is -4.32. The second kappa shape index (κ2) is 9.04. The molecule has 184 valence electrons. The molecule has 0 spiro atoms. The number of imidazole rings is 1. The van der Waals surface area contributed by atoms with Crippen molar-refractivity contribution in [1.29, 1.82) is 0 Å². The maximum Gasteiger partial charge on any atom is 0.256 e. The molecule has 4 heterocycles. The summed E-state index contributed by atoms with van der Waals surface area (Å²) in [4.78, 5) is 31.4. The molecule has 36 heavy (non-hydrogen) atoms. The van der Waals surface area contributed by atoms with Crippen molar-refractivity contribution < 1.29 is 13.2 Å². The van der Waals surface area contributed by atoms with Crippen molar-refractivity contribution in [2.24, 2.45) is 0 Å². The van der Waals surface area contributed by atoms with Crippen LogP contribution in [0.15, 0.2) is 48.9 Å². The van der Waals surface area contributed by atoms with E-state index in [1.54, 1.807) is 29.4 Å². The summed E-state index contributed by atoms with van der Waals surface area (Å²) < 4.78 is 25.6. The van der Waals surface area contributed by atoms with Crippen LogP contribution in [0.4, 0.5) is 5.69 Å². The van der Waals surface area contributed by atoms with Gasteiger partial charge in [-0.1, -0.05) is 6.07 Å². The topological polar surface area (TPSA) is 150 Å². The number of pyridine rings is 2. The maximum atomic E-state index is 13.0. The Kier molecular flexibility index (Phi) is 5.88. The van der Waals surface area contributed by atoms with Gasteiger partial charge in [0.25, 0.3) is 5.91 Å². The van der Waals surface area contributed by atoms with Gasteiger partial charge in [0, 0.05) is 36.6 Å². The third-order valence-corrected chi connectivity index (χ3v) is 6.42. The molecule has 0 fully saturated rings. The fraction of sp³-hybridized carbons (Fsp3) is 0.208. The summed E-state index contributed by atoms with van der Waals surface area (Å²) >= 11 is 0. The summed E-state index contributed by atoms with van der Waals surface area (Å²) in [7, 11) is -3.44. The van der Waals surface area contributed by atoms with Crippen LogP contribution in [0.3, 0.4) is 0 Å². The first-order valence-corrected chi connectivity index (χ1v) is 13.2. The largest absolute Gasteiger partial charge is 0.339 e. The molecule has 5 aromatic rings. The summed E-state index contributed by atoms with van der Waals surface area (Å²) in [6, 6.07) is 9.05. The van der Waals surface area contributed by atoms with Gasteiger partial charge in [0.15, 0.2) is 11.5 Å². The molecule has 11 nitrogen and oxygen atoms in total. The molecule has 5 rings (SSSR count). The van der Waals surface area contributed by atoms with E-state index in [9.17, 15) is 13.2 Å². The number of rotatable bonds is 7.